The fourth-order valence-corrected chi connectivity index (χ4v) is 1.92. The van der Waals surface area contributed by atoms with E-state index in [0.29, 0.717) is 9.63 Å². The van der Waals surface area contributed by atoms with Gasteiger partial charge in [0.15, 0.2) is 0 Å². The van der Waals surface area contributed by atoms with Gasteiger partial charge in [-0.05, 0) is 27.9 Å². The largest absolute Gasteiger partial charge is 0.369 e. The highest BCUT2D eigenvalue weighted by Gasteiger charge is 2.05. The number of rotatable bonds is 4. The summed E-state index contributed by atoms with van der Waals surface area (Å²) < 4.78 is 0.703. The van der Waals surface area contributed by atoms with Crippen LogP contribution in [0.4, 0.5) is 5.82 Å². The third-order valence-corrected chi connectivity index (χ3v) is 3.56. The molecule has 0 saturated heterocycles. The van der Waals surface area contributed by atoms with Gasteiger partial charge in [0.25, 0.3) is 0 Å². The van der Waals surface area contributed by atoms with E-state index in [-0.39, 0.29) is 0 Å². The van der Waals surface area contributed by atoms with E-state index in [4.69, 9.17) is 11.6 Å². The van der Waals surface area contributed by atoms with Gasteiger partial charge in [-0.25, -0.2) is 9.97 Å². The maximum Gasteiger partial charge on any atom is 0.148 e. The minimum absolute atomic E-state index is 0.419. The average Bonchev–Trinajstić information content (AvgIpc) is 2.36. The van der Waals surface area contributed by atoms with Crippen molar-refractivity contribution >= 4 is 33.3 Å². The normalized spacial score (nSPS) is 10.2. The predicted molar refractivity (Wildman–Crippen MR) is 73.4 cm³/mol. The number of nitrogens with zero attached hydrogens (tertiary/aromatic N) is 2. The van der Waals surface area contributed by atoms with Crippen LogP contribution in [-0.4, -0.2) is 16.5 Å². The summed E-state index contributed by atoms with van der Waals surface area (Å²) in [6, 6.07) is 10.3. The smallest absolute Gasteiger partial charge is 0.148 e. The predicted octanol–water partition coefficient (Wildman–Crippen LogP) is 3.55. The fraction of sp³-hybridized carbons (Fsp3) is 0.167. The van der Waals surface area contributed by atoms with Crippen molar-refractivity contribution in [3.63, 3.8) is 0 Å². The molecule has 1 aromatic heterocycles. The highest BCUT2D eigenvalue weighted by Crippen LogP contribution is 2.25. The molecule has 2 aromatic rings. The Kier molecular flexibility index (Phi) is 4.34. The minimum Gasteiger partial charge on any atom is -0.369 e. The van der Waals surface area contributed by atoms with Crippen LogP contribution in [0.2, 0.25) is 5.15 Å². The van der Waals surface area contributed by atoms with Gasteiger partial charge >= 0.3 is 0 Å². The molecule has 1 aromatic carbocycles. The van der Waals surface area contributed by atoms with Crippen molar-refractivity contribution in [1.82, 2.24) is 9.97 Å². The van der Waals surface area contributed by atoms with Gasteiger partial charge in [-0.15, -0.1) is 0 Å². The van der Waals surface area contributed by atoms with Crippen molar-refractivity contribution in [2.45, 2.75) is 6.42 Å². The molecule has 0 aliphatic heterocycles. The summed E-state index contributed by atoms with van der Waals surface area (Å²) in [6.07, 6.45) is 2.38. The summed E-state index contributed by atoms with van der Waals surface area (Å²) in [5.74, 6) is 0.723. The molecule has 0 atom stereocenters. The van der Waals surface area contributed by atoms with Crippen molar-refractivity contribution < 1.29 is 0 Å². The highest BCUT2D eigenvalue weighted by molar-refractivity contribution is 9.10. The van der Waals surface area contributed by atoms with E-state index in [2.05, 4.69) is 43.3 Å². The van der Waals surface area contributed by atoms with Crippen molar-refractivity contribution in [3.8, 4) is 0 Å². The molecule has 88 valence electrons. The van der Waals surface area contributed by atoms with Crippen LogP contribution in [0.5, 0.6) is 0 Å². The molecular formula is C12H11BrClN3. The second-order valence-corrected chi connectivity index (χ2v) is 4.64. The molecule has 0 aliphatic carbocycles. The lowest BCUT2D eigenvalue weighted by molar-refractivity contribution is 0.996. The zero-order chi connectivity index (χ0) is 12.1. The molecule has 0 unspecified atom stereocenters. The van der Waals surface area contributed by atoms with Crippen LogP contribution in [0.15, 0.2) is 41.1 Å². The van der Waals surface area contributed by atoms with E-state index in [9.17, 15) is 0 Å². The number of nitrogens with one attached hydrogen (secondary N) is 1. The van der Waals surface area contributed by atoms with E-state index >= 15 is 0 Å². The third kappa shape index (κ3) is 3.41. The van der Waals surface area contributed by atoms with E-state index in [0.717, 1.165) is 18.8 Å². The van der Waals surface area contributed by atoms with Gasteiger partial charge in [-0.3, -0.25) is 0 Å². The quantitative estimate of drug-likeness (QED) is 0.877. The zero-order valence-corrected chi connectivity index (χ0v) is 11.4. The number of benzene rings is 1. The van der Waals surface area contributed by atoms with Gasteiger partial charge in [0, 0.05) is 6.54 Å². The molecule has 0 amide bonds. The first-order valence-corrected chi connectivity index (χ1v) is 6.38. The first kappa shape index (κ1) is 12.3. The Morgan fingerprint density at radius 2 is 1.94 bits per heavy atom. The topological polar surface area (TPSA) is 37.8 Å². The summed E-state index contributed by atoms with van der Waals surface area (Å²) in [5.41, 5.74) is 1.29. The lowest BCUT2D eigenvalue weighted by Gasteiger charge is -2.07. The molecule has 0 fully saturated rings. The first-order valence-electron chi connectivity index (χ1n) is 5.21. The average molecular weight is 313 g/mol. The second-order valence-electron chi connectivity index (χ2n) is 3.49. The van der Waals surface area contributed by atoms with E-state index in [1.165, 1.54) is 11.9 Å². The fourth-order valence-electron chi connectivity index (χ4n) is 1.44. The molecule has 0 saturated carbocycles. The minimum atomic E-state index is 0.419. The van der Waals surface area contributed by atoms with Gasteiger partial charge in [-0.1, -0.05) is 41.9 Å². The van der Waals surface area contributed by atoms with E-state index < -0.39 is 0 Å². The van der Waals surface area contributed by atoms with Crippen LogP contribution in [0.3, 0.4) is 0 Å². The van der Waals surface area contributed by atoms with Crippen LogP contribution in [0.1, 0.15) is 5.56 Å². The van der Waals surface area contributed by atoms with Crippen LogP contribution in [0.25, 0.3) is 0 Å². The summed E-state index contributed by atoms with van der Waals surface area (Å²) in [7, 11) is 0. The summed E-state index contributed by atoms with van der Waals surface area (Å²) in [5, 5.41) is 3.64. The Bertz CT molecular complexity index is 490. The van der Waals surface area contributed by atoms with E-state index in [1.54, 1.807) is 0 Å². The third-order valence-electron chi connectivity index (χ3n) is 2.30. The molecule has 1 heterocycles. The Morgan fingerprint density at radius 1 is 1.18 bits per heavy atom. The number of hydrogen-bond acceptors (Lipinski definition) is 3. The van der Waals surface area contributed by atoms with Crippen LogP contribution in [-0.2, 0) is 6.42 Å². The van der Waals surface area contributed by atoms with Gasteiger partial charge in [-0.2, -0.15) is 0 Å². The number of aromatic nitrogens is 2. The van der Waals surface area contributed by atoms with Gasteiger partial charge in [0.1, 0.15) is 17.3 Å². The molecule has 1 N–H and O–H groups in total. The SMILES string of the molecule is Clc1ncnc(NCCc2ccccc2)c1Br. The lowest BCUT2D eigenvalue weighted by atomic mass is 10.1. The number of halogens is 2. The van der Waals surface area contributed by atoms with Crippen molar-refractivity contribution in [2.24, 2.45) is 0 Å². The van der Waals surface area contributed by atoms with Crippen LogP contribution >= 0.6 is 27.5 Å². The molecule has 0 spiro atoms. The van der Waals surface area contributed by atoms with Gasteiger partial charge < -0.3 is 5.32 Å². The lowest BCUT2D eigenvalue weighted by Crippen LogP contribution is -2.07. The van der Waals surface area contributed by atoms with Crippen LogP contribution in [0, 0.1) is 0 Å². The van der Waals surface area contributed by atoms with Crippen molar-refractivity contribution in [1.29, 1.82) is 0 Å². The number of anilines is 1. The maximum atomic E-state index is 5.87. The molecule has 0 aliphatic rings. The molecule has 17 heavy (non-hydrogen) atoms. The van der Waals surface area contributed by atoms with Crippen molar-refractivity contribution in [3.05, 3.63) is 51.8 Å². The molecular weight excluding hydrogens is 302 g/mol. The highest BCUT2D eigenvalue weighted by atomic mass is 79.9. The Morgan fingerprint density at radius 3 is 2.71 bits per heavy atom. The summed E-state index contributed by atoms with van der Waals surface area (Å²) in [4.78, 5) is 7.99. The molecule has 3 nitrogen and oxygen atoms in total. The van der Waals surface area contributed by atoms with Gasteiger partial charge in [0.2, 0.25) is 0 Å². The zero-order valence-electron chi connectivity index (χ0n) is 9.03. The molecule has 2 rings (SSSR count). The van der Waals surface area contributed by atoms with Crippen molar-refractivity contribution in [2.75, 3.05) is 11.9 Å². The van der Waals surface area contributed by atoms with Gasteiger partial charge in [0.05, 0.1) is 4.47 Å². The molecule has 0 bridgehead atoms. The Balaban J connectivity index is 1.93. The molecule has 0 radical (unpaired) electrons. The standard InChI is InChI=1S/C12H11BrClN3/c13-10-11(14)16-8-17-12(10)15-7-6-9-4-2-1-3-5-9/h1-5,8H,6-7H2,(H,15,16,17). The van der Waals surface area contributed by atoms with E-state index in [1.807, 2.05) is 18.2 Å². The first-order chi connectivity index (χ1) is 8.27. The maximum absolute atomic E-state index is 5.87. The summed E-state index contributed by atoms with van der Waals surface area (Å²) >= 11 is 9.22. The van der Waals surface area contributed by atoms with Crippen LogP contribution < -0.4 is 5.32 Å². The molecule has 5 heteroatoms. The number of hydrogen-bond donors (Lipinski definition) is 1. The Labute approximate surface area is 113 Å². The monoisotopic (exact) mass is 311 g/mol. The summed E-state index contributed by atoms with van der Waals surface area (Å²) in [6.45, 7) is 0.802. The Hall–Kier alpha value is -1.13. The second kappa shape index (κ2) is 5.98.